The average molecular weight is 567 g/mol. The van der Waals surface area contributed by atoms with Crippen LogP contribution in [0.4, 0.5) is 0 Å². The van der Waals surface area contributed by atoms with Crippen LogP contribution in [-0.2, 0) is 14.9 Å². The molecule has 0 radical (unpaired) electrons. The fourth-order valence-electron chi connectivity index (χ4n) is 10.3. The van der Waals surface area contributed by atoms with E-state index >= 15 is 0 Å². The molecule has 4 aliphatic carbocycles. The number of unbranched alkanes of at least 4 members (excludes halogenated alkanes) is 1. The maximum atomic E-state index is 12.6. The van der Waals surface area contributed by atoms with Gasteiger partial charge in [0.1, 0.15) is 0 Å². The Kier molecular flexibility index (Phi) is 9.55. The van der Waals surface area contributed by atoms with Crippen molar-refractivity contribution in [3.8, 4) is 0 Å². The first-order valence-electron chi connectivity index (χ1n) is 16.3. The highest BCUT2D eigenvalue weighted by Crippen LogP contribution is 2.68. The molecule has 4 fully saturated rings. The van der Waals surface area contributed by atoms with E-state index in [4.69, 9.17) is 0 Å². The summed E-state index contributed by atoms with van der Waals surface area (Å²) >= 11 is 0. The molecule has 4 saturated carbocycles. The van der Waals surface area contributed by atoms with Gasteiger partial charge in [0.05, 0.1) is 0 Å². The number of carbonyl (C=O) groups is 1. The van der Waals surface area contributed by atoms with Crippen molar-refractivity contribution in [1.82, 2.24) is 5.32 Å². The van der Waals surface area contributed by atoms with Crippen molar-refractivity contribution in [2.24, 2.45) is 52.3 Å². The van der Waals surface area contributed by atoms with Crippen LogP contribution >= 0.6 is 0 Å². The van der Waals surface area contributed by atoms with Crippen LogP contribution in [0.5, 0.6) is 0 Å². The minimum Gasteiger partial charge on any atom is -0.743 e. The highest BCUT2D eigenvalue weighted by atomic mass is 32.2. The van der Waals surface area contributed by atoms with Crippen LogP contribution in [0.1, 0.15) is 131 Å². The second-order valence-corrected chi connectivity index (χ2v) is 17.0. The fourth-order valence-corrected chi connectivity index (χ4v) is 10.9. The molecule has 1 amide bonds. The smallest absolute Gasteiger partial charge is 0.220 e. The maximum Gasteiger partial charge on any atom is 0.220 e. The summed E-state index contributed by atoms with van der Waals surface area (Å²) in [6.07, 6.45) is 18.1. The van der Waals surface area contributed by atoms with E-state index < -0.39 is 15.0 Å². The fraction of sp³-hybridized carbons (Fsp3) is 0.969. The van der Waals surface area contributed by atoms with Crippen molar-refractivity contribution in [3.63, 3.8) is 0 Å². The SMILES string of the molecule is CC(CCCCNC(=O)CC[C@@H](C)[C@H]1CC[C@H]2[C@@H]3CCC4CCCC[C@]4(C)[C@H]3CC[C@]12C)C(C)([NH3+])S(=O)(=O)[O-]. The Morgan fingerprint density at radius 3 is 2.41 bits per heavy atom. The molecule has 0 aliphatic heterocycles. The molecular formula is C32H58N2O4S. The molecule has 39 heavy (non-hydrogen) atoms. The van der Waals surface area contributed by atoms with E-state index in [-0.39, 0.29) is 11.8 Å². The molecule has 0 heterocycles. The van der Waals surface area contributed by atoms with E-state index in [2.05, 4.69) is 31.8 Å². The van der Waals surface area contributed by atoms with E-state index in [1.807, 2.05) is 0 Å². The Balaban J connectivity index is 1.20. The van der Waals surface area contributed by atoms with Gasteiger partial charge < -0.3 is 15.6 Å². The standard InChI is InChI=1S/C32H58N2O4S/c1-22(12-17-29(35)34-21-9-7-10-23(2)32(5,33)39(36,37)38)26-15-16-27-25-14-13-24-11-6-8-19-30(24,3)28(25)18-20-31(26,27)4/h22-28H,6-21,33H2,1-5H3,(H,34,35)(H,36,37,38)/t22-,23?,24?,25+,26-,27+,28+,30+,31-,32?/m1/s1. The molecular weight excluding hydrogens is 508 g/mol. The number of rotatable bonds is 11. The van der Waals surface area contributed by atoms with E-state index in [0.29, 0.717) is 36.1 Å². The van der Waals surface area contributed by atoms with Crippen molar-refractivity contribution < 1.29 is 23.5 Å². The molecule has 0 aromatic heterocycles. The lowest BCUT2D eigenvalue weighted by molar-refractivity contribution is -0.450. The Labute approximate surface area is 239 Å². The van der Waals surface area contributed by atoms with Crippen LogP contribution in [-0.4, -0.2) is 30.3 Å². The normalized spacial score (nSPS) is 39.5. The van der Waals surface area contributed by atoms with E-state index in [1.165, 1.54) is 71.1 Å². The number of nitrogens with one attached hydrogen (secondary N) is 1. The molecule has 0 spiro atoms. The quantitative estimate of drug-likeness (QED) is 0.240. The molecule has 7 heteroatoms. The summed E-state index contributed by atoms with van der Waals surface area (Å²) in [6, 6.07) is 0. The monoisotopic (exact) mass is 566 g/mol. The van der Waals surface area contributed by atoms with Gasteiger partial charge in [-0.2, -0.15) is 0 Å². The predicted molar refractivity (Wildman–Crippen MR) is 155 cm³/mol. The van der Waals surface area contributed by atoms with Crippen LogP contribution in [0.3, 0.4) is 0 Å². The van der Waals surface area contributed by atoms with Gasteiger partial charge in [-0.05, 0) is 117 Å². The first-order chi connectivity index (χ1) is 18.2. The third-order valence-corrected chi connectivity index (χ3v) is 14.7. The summed E-state index contributed by atoms with van der Waals surface area (Å²) in [6.45, 7) is 11.5. The van der Waals surface area contributed by atoms with Gasteiger partial charge in [-0.1, -0.05) is 47.0 Å². The molecule has 0 aromatic rings. The number of quaternary nitrogens is 1. The lowest BCUT2D eigenvalue weighted by atomic mass is 9.44. The molecule has 0 saturated heterocycles. The zero-order valence-corrected chi connectivity index (χ0v) is 26.4. The average Bonchev–Trinajstić information content (AvgIpc) is 3.23. The molecule has 6 nitrogen and oxygen atoms in total. The summed E-state index contributed by atoms with van der Waals surface area (Å²) < 4.78 is 34.3. The van der Waals surface area contributed by atoms with Crippen LogP contribution in [0.2, 0.25) is 0 Å². The summed E-state index contributed by atoms with van der Waals surface area (Å²) in [5.74, 6) is 4.88. The van der Waals surface area contributed by atoms with Crippen LogP contribution in [0.15, 0.2) is 0 Å². The maximum absolute atomic E-state index is 12.6. The van der Waals surface area contributed by atoms with Gasteiger partial charge in [-0.3, -0.25) is 4.79 Å². The molecule has 3 unspecified atom stereocenters. The minimum absolute atomic E-state index is 0.131. The molecule has 0 bridgehead atoms. The van der Waals surface area contributed by atoms with Gasteiger partial charge in [0.15, 0.2) is 15.0 Å². The number of fused-ring (bicyclic) bond motifs is 5. The summed E-state index contributed by atoms with van der Waals surface area (Å²) in [5, 5.41) is 3.07. The first kappa shape index (κ1) is 31.3. The molecule has 226 valence electrons. The number of amides is 1. The van der Waals surface area contributed by atoms with Crippen LogP contribution in [0.25, 0.3) is 0 Å². The van der Waals surface area contributed by atoms with Gasteiger partial charge in [0.25, 0.3) is 0 Å². The van der Waals surface area contributed by atoms with Gasteiger partial charge in [-0.25, -0.2) is 8.42 Å². The third kappa shape index (κ3) is 6.11. The summed E-state index contributed by atoms with van der Waals surface area (Å²) in [7, 11) is -4.44. The largest absolute Gasteiger partial charge is 0.743 e. The second-order valence-electron chi connectivity index (χ2n) is 15.2. The molecule has 10 atom stereocenters. The van der Waals surface area contributed by atoms with E-state index in [0.717, 1.165) is 48.9 Å². The third-order valence-electron chi connectivity index (χ3n) is 13.2. The number of hydrogen-bond acceptors (Lipinski definition) is 4. The molecule has 0 aromatic carbocycles. The highest BCUT2D eigenvalue weighted by molar-refractivity contribution is 7.86. The molecule has 4 rings (SSSR count). The zero-order valence-electron chi connectivity index (χ0n) is 25.6. The van der Waals surface area contributed by atoms with Gasteiger partial charge in [0, 0.05) is 25.8 Å². The summed E-state index contributed by atoms with van der Waals surface area (Å²) in [5.41, 5.74) is 4.69. The first-order valence-corrected chi connectivity index (χ1v) is 17.7. The second kappa shape index (κ2) is 11.9. The van der Waals surface area contributed by atoms with Crippen molar-refractivity contribution in [1.29, 1.82) is 0 Å². The van der Waals surface area contributed by atoms with Gasteiger partial charge >= 0.3 is 0 Å². The predicted octanol–water partition coefficient (Wildman–Crippen LogP) is 5.88. The van der Waals surface area contributed by atoms with Crippen molar-refractivity contribution >= 4 is 16.0 Å². The number of hydrogen-bond donors (Lipinski definition) is 2. The lowest BCUT2D eigenvalue weighted by Gasteiger charge is -2.61. The van der Waals surface area contributed by atoms with Crippen molar-refractivity contribution in [2.75, 3.05) is 6.54 Å². The van der Waals surface area contributed by atoms with Gasteiger partial charge in [-0.15, -0.1) is 0 Å². The Hall–Kier alpha value is -0.660. The lowest BCUT2D eigenvalue weighted by Crippen LogP contribution is -2.77. The van der Waals surface area contributed by atoms with Crippen molar-refractivity contribution in [2.45, 2.75) is 136 Å². The van der Waals surface area contributed by atoms with Crippen molar-refractivity contribution in [3.05, 3.63) is 0 Å². The van der Waals surface area contributed by atoms with E-state index in [9.17, 15) is 17.8 Å². The Bertz CT molecular complexity index is 967. The Morgan fingerprint density at radius 2 is 1.69 bits per heavy atom. The highest BCUT2D eigenvalue weighted by Gasteiger charge is 2.60. The molecule has 4 aliphatic rings. The van der Waals surface area contributed by atoms with E-state index in [1.54, 1.807) is 6.92 Å². The summed E-state index contributed by atoms with van der Waals surface area (Å²) in [4.78, 5) is 11.1. The van der Waals surface area contributed by atoms with Crippen LogP contribution < -0.4 is 11.1 Å². The van der Waals surface area contributed by atoms with Gasteiger partial charge in [0.2, 0.25) is 5.91 Å². The molecule has 4 N–H and O–H groups in total. The Morgan fingerprint density at radius 1 is 0.974 bits per heavy atom. The number of carbonyl (C=O) groups excluding carboxylic acids is 1. The minimum atomic E-state index is -4.44. The zero-order chi connectivity index (χ0) is 28.6. The topological polar surface area (TPSA) is 114 Å². The van der Waals surface area contributed by atoms with Crippen LogP contribution in [0, 0.1) is 52.3 Å².